The van der Waals surface area contributed by atoms with Gasteiger partial charge in [-0.1, -0.05) is 18.5 Å². The zero-order chi connectivity index (χ0) is 13.6. The molecule has 18 heavy (non-hydrogen) atoms. The molecule has 6 nitrogen and oxygen atoms in total. The summed E-state index contributed by atoms with van der Waals surface area (Å²) in [5, 5.41) is 8.28. The Labute approximate surface area is 112 Å². The lowest BCUT2D eigenvalue weighted by atomic mass is 10.3. The number of nitrogens with one attached hydrogen (secondary N) is 1. The number of aryl methyl sites for hydroxylation is 1. The van der Waals surface area contributed by atoms with Crippen LogP contribution >= 0.6 is 11.6 Å². The van der Waals surface area contributed by atoms with E-state index in [9.17, 15) is 8.42 Å². The van der Waals surface area contributed by atoms with Crippen molar-refractivity contribution in [1.82, 2.24) is 9.97 Å². The van der Waals surface area contributed by atoms with Crippen molar-refractivity contribution in [1.29, 1.82) is 0 Å². The molecule has 0 fully saturated rings. The second kappa shape index (κ2) is 6.86. The summed E-state index contributed by atoms with van der Waals surface area (Å²) >= 11 is 5.86. The molecule has 0 saturated heterocycles. The molecule has 1 aromatic heterocycles. The lowest BCUT2D eigenvalue weighted by Crippen LogP contribution is -2.19. The quantitative estimate of drug-likeness (QED) is 0.581. The van der Waals surface area contributed by atoms with E-state index in [2.05, 4.69) is 15.3 Å². The summed E-state index contributed by atoms with van der Waals surface area (Å²) in [4.78, 5) is 8.36. The molecule has 0 aliphatic rings. The zero-order valence-electron chi connectivity index (χ0n) is 10.2. The summed E-state index contributed by atoms with van der Waals surface area (Å²) in [6, 6.07) is 1.61. The van der Waals surface area contributed by atoms with E-state index in [1.165, 1.54) is 0 Å². The monoisotopic (exact) mass is 292 g/mol. The Balaban J connectivity index is 2.51. The fraction of sp³-hybridized carbons (Fsp3) is 0.600. The predicted octanol–water partition coefficient (Wildman–Crippen LogP) is 1.17. The van der Waals surface area contributed by atoms with E-state index in [1.807, 2.05) is 6.92 Å². The van der Waals surface area contributed by atoms with Gasteiger partial charge in [-0.2, -0.15) is 0 Å². The fourth-order valence-electron chi connectivity index (χ4n) is 1.38. The van der Waals surface area contributed by atoms with Crippen LogP contribution < -0.4 is 10.5 Å². The Kier molecular flexibility index (Phi) is 5.77. The summed E-state index contributed by atoms with van der Waals surface area (Å²) in [6.45, 7) is 2.50. The van der Waals surface area contributed by atoms with E-state index in [0.717, 1.165) is 12.8 Å². The second-order valence-corrected chi connectivity index (χ2v) is 6.01. The maximum Gasteiger partial charge on any atom is 0.209 e. The first-order valence-electron chi connectivity index (χ1n) is 5.68. The molecule has 0 unspecified atom stereocenters. The lowest BCUT2D eigenvalue weighted by Gasteiger charge is -2.07. The van der Waals surface area contributed by atoms with Crippen LogP contribution in [0, 0.1) is 0 Å². The van der Waals surface area contributed by atoms with Crippen molar-refractivity contribution in [3.8, 4) is 0 Å². The van der Waals surface area contributed by atoms with Gasteiger partial charge in [0.2, 0.25) is 10.0 Å². The highest BCUT2D eigenvalue weighted by molar-refractivity contribution is 7.89. The summed E-state index contributed by atoms with van der Waals surface area (Å²) < 4.78 is 21.5. The average molecular weight is 293 g/mol. The number of halogens is 1. The number of anilines is 1. The van der Waals surface area contributed by atoms with Crippen molar-refractivity contribution in [2.45, 2.75) is 26.2 Å². The Morgan fingerprint density at radius 1 is 1.44 bits per heavy atom. The van der Waals surface area contributed by atoms with E-state index in [1.54, 1.807) is 6.07 Å². The second-order valence-electron chi connectivity index (χ2n) is 3.89. The Hall–Kier alpha value is -0.920. The van der Waals surface area contributed by atoms with Crippen molar-refractivity contribution in [3.05, 3.63) is 17.0 Å². The summed E-state index contributed by atoms with van der Waals surface area (Å²) in [7, 11) is -3.40. The van der Waals surface area contributed by atoms with Crippen LogP contribution in [0.3, 0.4) is 0 Å². The summed E-state index contributed by atoms with van der Waals surface area (Å²) in [5.74, 6) is 1.23. The van der Waals surface area contributed by atoms with Crippen molar-refractivity contribution in [2.75, 3.05) is 17.6 Å². The van der Waals surface area contributed by atoms with E-state index in [-0.39, 0.29) is 5.75 Å². The first kappa shape index (κ1) is 15.1. The fourth-order valence-corrected chi connectivity index (χ4v) is 2.13. The number of sulfonamides is 1. The van der Waals surface area contributed by atoms with Gasteiger partial charge >= 0.3 is 0 Å². The number of primary sulfonamides is 1. The van der Waals surface area contributed by atoms with Gasteiger partial charge in [-0.15, -0.1) is 0 Å². The minimum Gasteiger partial charge on any atom is -0.370 e. The Morgan fingerprint density at radius 2 is 2.17 bits per heavy atom. The maximum atomic E-state index is 10.7. The molecule has 0 radical (unpaired) electrons. The van der Waals surface area contributed by atoms with Gasteiger partial charge in [0.1, 0.15) is 16.8 Å². The number of aromatic nitrogens is 2. The molecule has 0 bridgehead atoms. The topological polar surface area (TPSA) is 98.0 Å². The predicted molar refractivity (Wildman–Crippen MR) is 72.1 cm³/mol. The summed E-state index contributed by atoms with van der Waals surface area (Å²) in [5.41, 5.74) is 0. The van der Waals surface area contributed by atoms with Crippen LogP contribution in [-0.4, -0.2) is 30.7 Å². The maximum absolute atomic E-state index is 10.7. The van der Waals surface area contributed by atoms with Gasteiger partial charge in [0.25, 0.3) is 0 Å². The van der Waals surface area contributed by atoms with Gasteiger partial charge in [-0.25, -0.2) is 23.5 Å². The average Bonchev–Trinajstić information content (AvgIpc) is 2.23. The van der Waals surface area contributed by atoms with Gasteiger partial charge in [-0.05, 0) is 12.8 Å². The molecule has 8 heteroatoms. The molecule has 1 aromatic rings. The molecule has 0 saturated carbocycles. The van der Waals surface area contributed by atoms with Crippen LogP contribution in [0.1, 0.15) is 25.6 Å². The van der Waals surface area contributed by atoms with Crippen LogP contribution in [0.2, 0.25) is 5.15 Å². The minimum absolute atomic E-state index is 0.0549. The molecule has 1 heterocycles. The van der Waals surface area contributed by atoms with E-state index in [4.69, 9.17) is 16.7 Å². The molecule has 0 amide bonds. The first-order valence-corrected chi connectivity index (χ1v) is 7.78. The Bertz CT molecular complexity index is 493. The van der Waals surface area contributed by atoms with Crippen molar-refractivity contribution >= 4 is 27.4 Å². The number of nitrogens with zero attached hydrogens (tertiary/aromatic N) is 2. The summed E-state index contributed by atoms with van der Waals surface area (Å²) in [6.07, 6.45) is 2.11. The lowest BCUT2D eigenvalue weighted by molar-refractivity contribution is 0.595. The van der Waals surface area contributed by atoms with Crippen molar-refractivity contribution in [2.24, 2.45) is 5.14 Å². The molecule has 0 aliphatic carbocycles. The first-order chi connectivity index (χ1) is 8.40. The minimum atomic E-state index is -3.40. The van der Waals surface area contributed by atoms with E-state index < -0.39 is 10.0 Å². The van der Waals surface area contributed by atoms with Crippen molar-refractivity contribution in [3.63, 3.8) is 0 Å². The SMILES string of the molecule is CCCc1nc(Cl)cc(NCCCS(N)(=O)=O)n1. The molecule has 0 spiro atoms. The molecule has 3 N–H and O–H groups in total. The van der Waals surface area contributed by atoms with Crippen LogP contribution in [-0.2, 0) is 16.4 Å². The number of hydrogen-bond acceptors (Lipinski definition) is 5. The standard InChI is InChI=1S/C10H17ClN4O2S/c1-2-4-9-14-8(11)7-10(15-9)13-5-3-6-18(12,16)17/h7H,2-6H2,1H3,(H2,12,16,17)(H,13,14,15). The molecule has 0 aliphatic heterocycles. The third kappa shape index (κ3) is 6.13. The normalized spacial score (nSPS) is 11.5. The number of hydrogen-bond donors (Lipinski definition) is 2. The highest BCUT2D eigenvalue weighted by atomic mass is 35.5. The van der Waals surface area contributed by atoms with Crippen LogP contribution in [0.5, 0.6) is 0 Å². The van der Waals surface area contributed by atoms with E-state index >= 15 is 0 Å². The molecule has 0 aromatic carbocycles. The van der Waals surface area contributed by atoms with Crippen molar-refractivity contribution < 1.29 is 8.42 Å². The smallest absolute Gasteiger partial charge is 0.209 e. The zero-order valence-corrected chi connectivity index (χ0v) is 11.8. The largest absolute Gasteiger partial charge is 0.370 e. The van der Waals surface area contributed by atoms with Crippen LogP contribution in [0.25, 0.3) is 0 Å². The number of rotatable bonds is 7. The Morgan fingerprint density at radius 3 is 2.78 bits per heavy atom. The van der Waals surface area contributed by atoms with Gasteiger partial charge in [0.05, 0.1) is 5.75 Å². The van der Waals surface area contributed by atoms with Gasteiger partial charge in [0.15, 0.2) is 0 Å². The third-order valence-electron chi connectivity index (χ3n) is 2.13. The molecule has 0 atom stereocenters. The van der Waals surface area contributed by atoms with Crippen LogP contribution in [0.15, 0.2) is 6.07 Å². The molecular formula is C10H17ClN4O2S. The molecule has 102 valence electrons. The van der Waals surface area contributed by atoms with Crippen LogP contribution in [0.4, 0.5) is 5.82 Å². The van der Waals surface area contributed by atoms with Gasteiger partial charge in [0, 0.05) is 19.0 Å². The van der Waals surface area contributed by atoms with E-state index in [0.29, 0.717) is 29.8 Å². The van der Waals surface area contributed by atoms with Gasteiger partial charge < -0.3 is 5.32 Å². The molecule has 1 rings (SSSR count). The van der Waals surface area contributed by atoms with Gasteiger partial charge in [-0.3, -0.25) is 0 Å². The number of nitrogens with two attached hydrogens (primary N) is 1. The third-order valence-corrected chi connectivity index (χ3v) is 3.18. The highest BCUT2D eigenvalue weighted by Gasteiger charge is 2.04. The molecular weight excluding hydrogens is 276 g/mol. The highest BCUT2D eigenvalue weighted by Crippen LogP contribution is 2.12.